The maximum atomic E-state index is 14.9. The molecule has 1 aromatic rings. The lowest BCUT2D eigenvalue weighted by atomic mass is 9.65. The first kappa shape index (κ1) is 27.8. The smallest absolute Gasteiger partial charge is 0.162 e. The van der Waals surface area contributed by atoms with E-state index in [1.807, 2.05) is 12.1 Å². The molecule has 0 unspecified atom stereocenters. The number of benzene rings is 1. The van der Waals surface area contributed by atoms with Crippen LogP contribution >= 0.6 is 0 Å². The first-order chi connectivity index (χ1) is 17.6. The summed E-state index contributed by atoms with van der Waals surface area (Å²) in [5.74, 6) is 2.52. The third-order valence-corrected chi connectivity index (χ3v) is 9.99. The summed E-state index contributed by atoms with van der Waals surface area (Å²) >= 11 is 0. The molecule has 0 aliphatic heterocycles. The molecule has 3 heteroatoms. The second-order valence-corrected chi connectivity index (χ2v) is 12.1. The molecule has 0 heterocycles. The second-order valence-electron chi connectivity index (χ2n) is 12.1. The van der Waals surface area contributed by atoms with Crippen LogP contribution in [0.3, 0.4) is 0 Å². The van der Waals surface area contributed by atoms with E-state index in [4.69, 9.17) is 4.74 Å². The highest BCUT2D eigenvalue weighted by atomic mass is 19.2. The van der Waals surface area contributed by atoms with Gasteiger partial charge in [-0.25, -0.2) is 8.78 Å². The van der Waals surface area contributed by atoms with Crippen LogP contribution in [0.25, 0.3) is 0 Å². The SMILES string of the molecule is C/C=C/COC1CCC(C2CCC(C3CCC(c4ccc(CCCCC)c(F)c4F)CC3)CC2)CC1. The summed E-state index contributed by atoms with van der Waals surface area (Å²) in [7, 11) is 0. The number of rotatable bonds is 10. The highest BCUT2D eigenvalue weighted by Gasteiger charge is 2.35. The molecule has 1 aromatic carbocycles. The van der Waals surface area contributed by atoms with E-state index in [1.165, 1.54) is 64.2 Å². The van der Waals surface area contributed by atoms with Gasteiger partial charge in [-0.2, -0.15) is 0 Å². The minimum absolute atomic E-state index is 0.196. The molecule has 4 rings (SSSR count). The maximum Gasteiger partial charge on any atom is 0.162 e. The predicted molar refractivity (Wildman–Crippen MR) is 146 cm³/mol. The first-order valence-electron chi connectivity index (χ1n) is 15.3. The van der Waals surface area contributed by atoms with Gasteiger partial charge in [-0.1, -0.05) is 44.1 Å². The van der Waals surface area contributed by atoms with Crippen LogP contribution in [0.4, 0.5) is 8.78 Å². The number of unbranched alkanes of at least 4 members (excludes halogenated alkanes) is 2. The van der Waals surface area contributed by atoms with Gasteiger partial charge in [0.2, 0.25) is 0 Å². The molecule has 0 N–H and O–H groups in total. The third-order valence-electron chi connectivity index (χ3n) is 9.99. The molecule has 0 amide bonds. The van der Waals surface area contributed by atoms with E-state index in [9.17, 15) is 8.78 Å². The summed E-state index contributed by atoms with van der Waals surface area (Å²) in [4.78, 5) is 0. The van der Waals surface area contributed by atoms with Gasteiger partial charge in [-0.05, 0) is 138 Å². The molecule has 0 spiro atoms. The van der Waals surface area contributed by atoms with Gasteiger partial charge >= 0.3 is 0 Å². The van der Waals surface area contributed by atoms with Crippen molar-refractivity contribution < 1.29 is 13.5 Å². The standard InChI is InChI=1S/C33H50F2O/c1-3-5-7-8-29-19-22-31(33(35)32(29)34)28-15-13-26(14-16-28)24-9-11-25(12-10-24)27-17-20-30(21-18-27)36-23-6-4-2/h4,6,19,22,24-28,30H,3,5,7-18,20-21,23H2,1-2H3/b6-4+. The Balaban J connectivity index is 1.19. The van der Waals surface area contributed by atoms with E-state index in [0.29, 0.717) is 23.7 Å². The Labute approximate surface area is 219 Å². The fraction of sp³-hybridized carbons (Fsp3) is 0.758. The van der Waals surface area contributed by atoms with Crippen molar-refractivity contribution in [1.82, 2.24) is 0 Å². The molecule has 3 saturated carbocycles. The summed E-state index contributed by atoms with van der Waals surface area (Å²) in [5, 5.41) is 0. The average molecular weight is 501 g/mol. The van der Waals surface area contributed by atoms with E-state index in [-0.39, 0.29) is 5.92 Å². The topological polar surface area (TPSA) is 9.23 Å². The van der Waals surface area contributed by atoms with Crippen LogP contribution in [-0.2, 0) is 11.2 Å². The summed E-state index contributed by atoms with van der Waals surface area (Å²) in [6, 6.07) is 3.76. The molecule has 3 aliphatic carbocycles. The van der Waals surface area contributed by atoms with Crippen molar-refractivity contribution in [3.05, 3.63) is 47.0 Å². The van der Waals surface area contributed by atoms with Gasteiger partial charge < -0.3 is 4.74 Å². The van der Waals surface area contributed by atoms with Crippen LogP contribution in [0.5, 0.6) is 0 Å². The van der Waals surface area contributed by atoms with Crippen LogP contribution in [-0.4, -0.2) is 12.7 Å². The Morgan fingerprint density at radius 3 is 1.86 bits per heavy atom. The van der Waals surface area contributed by atoms with Crippen molar-refractivity contribution in [2.45, 2.75) is 129 Å². The normalized spacial score (nSPS) is 31.7. The van der Waals surface area contributed by atoms with E-state index in [2.05, 4.69) is 26.0 Å². The number of ether oxygens (including phenoxy) is 1. The summed E-state index contributed by atoms with van der Waals surface area (Å²) in [6.45, 7) is 4.96. The number of halogens is 2. The maximum absolute atomic E-state index is 14.9. The summed E-state index contributed by atoms with van der Waals surface area (Å²) in [5.41, 5.74) is 1.20. The third kappa shape index (κ3) is 7.21. The van der Waals surface area contributed by atoms with Gasteiger partial charge in [0, 0.05) is 0 Å². The Bertz CT molecular complexity index is 809. The summed E-state index contributed by atoms with van der Waals surface area (Å²) in [6.07, 6.45) is 23.6. The molecule has 0 bridgehead atoms. The highest BCUT2D eigenvalue weighted by molar-refractivity contribution is 5.29. The lowest BCUT2D eigenvalue weighted by molar-refractivity contribution is 0.0190. The Morgan fingerprint density at radius 2 is 1.31 bits per heavy atom. The molecule has 3 aliphatic rings. The monoisotopic (exact) mass is 500 g/mol. The quantitative estimate of drug-likeness (QED) is 0.229. The highest BCUT2D eigenvalue weighted by Crippen LogP contribution is 2.47. The Morgan fingerprint density at radius 1 is 0.750 bits per heavy atom. The molecule has 0 saturated heterocycles. The lowest BCUT2D eigenvalue weighted by Crippen LogP contribution is -2.31. The molecule has 0 atom stereocenters. The van der Waals surface area contributed by atoms with Crippen LogP contribution in [0.1, 0.15) is 127 Å². The molecular formula is C33H50F2O. The molecule has 1 nitrogen and oxygen atoms in total. The van der Waals surface area contributed by atoms with Crippen molar-refractivity contribution in [2.24, 2.45) is 23.7 Å². The minimum Gasteiger partial charge on any atom is -0.374 e. The fourth-order valence-electron chi connectivity index (χ4n) is 7.68. The van der Waals surface area contributed by atoms with Crippen molar-refractivity contribution in [1.29, 1.82) is 0 Å². The molecule has 36 heavy (non-hydrogen) atoms. The van der Waals surface area contributed by atoms with Gasteiger partial charge in [0.05, 0.1) is 12.7 Å². The van der Waals surface area contributed by atoms with E-state index in [0.717, 1.165) is 62.4 Å². The predicted octanol–water partition coefficient (Wildman–Crippen LogP) is 9.93. The van der Waals surface area contributed by atoms with Crippen LogP contribution in [0.2, 0.25) is 0 Å². The Hall–Kier alpha value is -1.22. The van der Waals surface area contributed by atoms with Gasteiger partial charge in [0.15, 0.2) is 11.6 Å². The fourth-order valence-corrected chi connectivity index (χ4v) is 7.68. The van der Waals surface area contributed by atoms with Crippen molar-refractivity contribution >= 4 is 0 Å². The van der Waals surface area contributed by atoms with E-state index < -0.39 is 11.6 Å². The van der Waals surface area contributed by atoms with Gasteiger partial charge in [0.1, 0.15) is 0 Å². The molecule has 202 valence electrons. The van der Waals surface area contributed by atoms with E-state index in [1.54, 1.807) is 0 Å². The Kier molecular flexibility index (Phi) is 10.9. The summed E-state index contributed by atoms with van der Waals surface area (Å²) < 4.78 is 35.7. The minimum atomic E-state index is -0.581. The van der Waals surface area contributed by atoms with Gasteiger partial charge in [-0.15, -0.1) is 0 Å². The van der Waals surface area contributed by atoms with Gasteiger partial charge in [0.25, 0.3) is 0 Å². The molecular weight excluding hydrogens is 450 g/mol. The van der Waals surface area contributed by atoms with Gasteiger partial charge in [-0.3, -0.25) is 0 Å². The number of hydrogen-bond donors (Lipinski definition) is 0. The van der Waals surface area contributed by atoms with Crippen molar-refractivity contribution in [3.8, 4) is 0 Å². The van der Waals surface area contributed by atoms with Crippen LogP contribution in [0.15, 0.2) is 24.3 Å². The van der Waals surface area contributed by atoms with E-state index >= 15 is 0 Å². The lowest BCUT2D eigenvalue weighted by Gasteiger charge is -2.41. The van der Waals surface area contributed by atoms with Crippen molar-refractivity contribution in [2.75, 3.05) is 6.61 Å². The average Bonchev–Trinajstić information content (AvgIpc) is 2.92. The zero-order valence-corrected chi connectivity index (χ0v) is 23.0. The number of hydrogen-bond acceptors (Lipinski definition) is 1. The zero-order valence-electron chi connectivity index (χ0n) is 23.0. The first-order valence-corrected chi connectivity index (χ1v) is 15.3. The van der Waals surface area contributed by atoms with Crippen LogP contribution in [0, 0.1) is 35.3 Å². The van der Waals surface area contributed by atoms with Crippen LogP contribution < -0.4 is 0 Å². The molecule has 0 radical (unpaired) electrons. The molecule has 3 fully saturated rings. The van der Waals surface area contributed by atoms with Crippen molar-refractivity contribution in [3.63, 3.8) is 0 Å². The largest absolute Gasteiger partial charge is 0.374 e. The second kappa shape index (κ2) is 14.1. The molecule has 0 aromatic heterocycles. The number of allylic oxidation sites excluding steroid dienone is 1. The number of aryl methyl sites for hydroxylation is 1. The zero-order chi connectivity index (χ0) is 25.3.